The number of carbonyl (C=O) groups is 3. The monoisotopic (exact) mass is 733 g/mol. The number of carbonyl (C=O) groups excluding carboxylic acids is 2. The van der Waals surface area contributed by atoms with Gasteiger partial charge in [-0.25, -0.2) is 14.4 Å². The van der Waals surface area contributed by atoms with Crippen molar-refractivity contribution in [2.45, 2.75) is 144 Å². The quantitative estimate of drug-likeness (QED) is 0.226. The van der Waals surface area contributed by atoms with Gasteiger partial charge in [-0.05, 0) is 123 Å². The lowest BCUT2D eigenvalue weighted by molar-refractivity contribution is -0.184. The molecule has 1 N–H and O–H groups in total. The molecule has 2 aromatic heterocycles. The van der Waals surface area contributed by atoms with Gasteiger partial charge in [0, 0.05) is 13.5 Å². The SMILES string of the molecule is CC[C@H](CC[C@]1(C)C2CC[C@@H]3C4=C(C(C)C)C(=O)C[C@]4(c4nnc(-c5ncc(F)cn5)n4C)CC[C@@]3(C)[C@]2(C)CC[C@H]1C)OC(=O)CC(C)(C)C(=O)O. The van der Waals surface area contributed by atoms with Gasteiger partial charge in [0.2, 0.25) is 5.82 Å². The molecule has 0 aromatic carbocycles. The van der Waals surface area contributed by atoms with Crippen molar-refractivity contribution in [3.63, 3.8) is 0 Å². The Hall–Kier alpha value is -3.50. The Balaban J connectivity index is 1.32. The number of ether oxygens (including phenoxy) is 1. The number of ketones is 1. The van der Waals surface area contributed by atoms with E-state index in [0.717, 1.165) is 75.2 Å². The number of aliphatic carboxylic acids is 1. The topological polar surface area (TPSA) is 137 Å². The van der Waals surface area contributed by atoms with Crippen LogP contribution in [0, 0.1) is 51.1 Å². The van der Waals surface area contributed by atoms with Crippen LogP contribution in [0.3, 0.4) is 0 Å². The van der Waals surface area contributed by atoms with Crippen molar-refractivity contribution in [1.82, 2.24) is 24.7 Å². The molecule has 2 heterocycles. The van der Waals surface area contributed by atoms with E-state index in [1.54, 1.807) is 13.8 Å². The molecule has 3 saturated carbocycles. The maximum absolute atomic E-state index is 14.2. The van der Waals surface area contributed by atoms with Gasteiger partial charge in [-0.2, -0.15) is 0 Å². The Bertz CT molecular complexity index is 1800. The van der Waals surface area contributed by atoms with Gasteiger partial charge < -0.3 is 14.4 Å². The third-order valence-electron chi connectivity index (χ3n) is 15.2. The summed E-state index contributed by atoms with van der Waals surface area (Å²) in [5.74, 6) is 0.996. The first-order valence-corrected chi connectivity index (χ1v) is 19.8. The smallest absolute Gasteiger partial charge is 0.309 e. The third-order valence-corrected chi connectivity index (χ3v) is 15.2. The number of carboxylic acids is 1. The Morgan fingerprint density at radius 2 is 1.74 bits per heavy atom. The number of allylic oxidation sites excluding steroid dienone is 2. The molecule has 8 atom stereocenters. The van der Waals surface area contributed by atoms with Gasteiger partial charge in [-0.3, -0.25) is 14.4 Å². The predicted molar refractivity (Wildman–Crippen MR) is 199 cm³/mol. The van der Waals surface area contributed by atoms with Gasteiger partial charge in [-0.15, -0.1) is 10.2 Å². The summed E-state index contributed by atoms with van der Waals surface area (Å²) in [5, 5.41) is 18.9. The molecule has 290 valence electrons. The van der Waals surface area contributed by atoms with Gasteiger partial charge in [0.1, 0.15) is 11.9 Å². The van der Waals surface area contributed by atoms with Crippen molar-refractivity contribution in [2.75, 3.05) is 0 Å². The van der Waals surface area contributed by atoms with E-state index in [-0.39, 0.29) is 46.4 Å². The largest absolute Gasteiger partial charge is 0.481 e. The zero-order chi connectivity index (χ0) is 38.9. The number of hydrogen-bond acceptors (Lipinski definition) is 8. The Morgan fingerprint density at radius 3 is 2.36 bits per heavy atom. The van der Waals surface area contributed by atoms with Crippen LogP contribution in [0.2, 0.25) is 0 Å². The Kier molecular flexibility index (Phi) is 10.1. The molecule has 0 saturated heterocycles. The molecule has 6 rings (SSSR count). The van der Waals surface area contributed by atoms with Gasteiger partial charge >= 0.3 is 11.9 Å². The number of aromatic nitrogens is 5. The molecule has 0 bridgehead atoms. The van der Waals surface area contributed by atoms with Crippen molar-refractivity contribution >= 4 is 17.7 Å². The van der Waals surface area contributed by atoms with Crippen LogP contribution >= 0.6 is 0 Å². The van der Waals surface area contributed by atoms with Crippen molar-refractivity contribution in [2.24, 2.45) is 52.4 Å². The van der Waals surface area contributed by atoms with Crippen molar-refractivity contribution in [1.29, 1.82) is 0 Å². The second kappa shape index (κ2) is 13.7. The molecule has 0 aliphatic heterocycles. The summed E-state index contributed by atoms with van der Waals surface area (Å²) in [5.41, 5.74) is 0.481. The second-order valence-electron chi connectivity index (χ2n) is 18.7. The van der Waals surface area contributed by atoms with Crippen LogP contribution in [0.15, 0.2) is 23.5 Å². The maximum atomic E-state index is 14.2. The lowest BCUT2D eigenvalue weighted by Crippen LogP contribution is -2.62. The minimum absolute atomic E-state index is 0.0148. The third kappa shape index (κ3) is 6.16. The molecule has 11 heteroatoms. The lowest BCUT2D eigenvalue weighted by Gasteiger charge is -2.69. The van der Waals surface area contributed by atoms with Crippen LogP contribution in [0.4, 0.5) is 4.39 Å². The van der Waals surface area contributed by atoms with Crippen molar-refractivity contribution in [3.8, 4) is 11.6 Å². The van der Waals surface area contributed by atoms with Crippen LogP contribution in [-0.4, -0.2) is 53.7 Å². The molecule has 0 amide bonds. The first-order chi connectivity index (χ1) is 24.8. The van der Waals surface area contributed by atoms with E-state index in [2.05, 4.69) is 56.6 Å². The fourth-order valence-electron chi connectivity index (χ4n) is 11.7. The number of nitrogens with zero attached hydrogens (tertiary/aromatic N) is 5. The molecule has 0 radical (unpaired) electrons. The summed E-state index contributed by atoms with van der Waals surface area (Å²) in [4.78, 5) is 47.1. The van der Waals surface area contributed by atoms with Crippen LogP contribution in [0.5, 0.6) is 0 Å². The van der Waals surface area contributed by atoms with Gasteiger partial charge in [0.15, 0.2) is 17.4 Å². The number of carboxylic acid groups (broad SMARTS) is 1. The summed E-state index contributed by atoms with van der Waals surface area (Å²) < 4.78 is 21.6. The van der Waals surface area contributed by atoms with Crippen LogP contribution in [0.25, 0.3) is 11.6 Å². The van der Waals surface area contributed by atoms with E-state index in [0.29, 0.717) is 36.3 Å². The molecular weight excluding hydrogens is 673 g/mol. The Labute approximate surface area is 314 Å². The highest BCUT2D eigenvalue weighted by Gasteiger charge is 2.68. The van der Waals surface area contributed by atoms with E-state index in [1.807, 2.05) is 18.5 Å². The summed E-state index contributed by atoms with van der Waals surface area (Å²) in [6.45, 7) is 19.3. The van der Waals surface area contributed by atoms with Gasteiger partial charge in [0.05, 0.1) is 29.6 Å². The molecule has 4 aliphatic rings. The van der Waals surface area contributed by atoms with Gasteiger partial charge in [0.25, 0.3) is 0 Å². The first kappa shape index (κ1) is 39.2. The van der Waals surface area contributed by atoms with E-state index in [4.69, 9.17) is 9.84 Å². The zero-order valence-electron chi connectivity index (χ0n) is 33.5. The lowest BCUT2D eigenvalue weighted by atomic mass is 9.35. The standard InChI is InChI=1S/C42H60FN5O5/c1-11-27(53-31(50)21-38(5,6)37(51)52)15-16-39(7)25(4)14-17-41(9)30(39)13-12-28-33-32(24(2)3)29(49)20-42(33,19-18-40(28,41)8)36-47-46-35(48(36)10)34-44-22-26(43)23-45-34/h22-25,27-28,30H,11-21H2,1-10H3,(H,51,52)/t25-,27-,28-,30?,39+,40-,41-,42-/m1/s1. The highest BCUT2D eigenvalue weighted by molar-refractivity contribution is 6.01. The molecule has 53 heavy (non-hydrogen) atoms. The average molecular weight is 734 g/mol. The predicted octanol–water partition coefficient (Wildman–Crippen LogP) is 8.45. The summed E-state index contributed by atoms with van der Waals surface area (Å²) in [6.07, 6.45) is 10.6. The molecule has 10 nitrogen and oxygen atoms in total. The Morgan fingerprint density at radius 1 is 1.06 bits per heavy atom. The summed E-state index contributed by atoms with van der Waals surface area (Å²) >= 11 is 0. The van der Waals surface area contributed by atoms with Crippen LogP contribution in [0.1, 0.15) is 139 Å². The minimum Gasteiger partial charge on any atom is -0.481 e. The number of rotatable bonds is 11. The molecule has 2 aromatic rings. The maximum Gasteiger partial charge on any atom is 0.309 e. The molecule has 0 spiro atoms. The van der Waals surface area contributed by atoms with E-state index in [9.17, 15) is 23.9 Å². The molecule has 1 unspecified atom stereocenters. The zero-order valence-corrected chi connectivity index (χ0v) is 33.5. The van der Waals surface area contributed by atoms with E-state index < -0.39 is 28.6 Å². The normalized spacial score (nSPS) is 33.4. The number of hydrogen-bond donors (Lipinski definition) is 1. The molecular formula is C42H60FN5O5. The van der Waals surface area contributed by atoms with Crippen molar-refractivity contribution in [3.05, 3.63) is 35.2 Å². The van der Waals surface area contributed by atoms with Gasteiger partial charge in [-0.1, -0.05) is 48.5 Å². The van der Waals surface area contributed by atoms with Crippen LogP contribution in [-0.2, 0) is 31.6 Å². The molecule has 3 fully saturated rings. The first-order valence-electron chi connectivity index (χ1n) is 19.8. The highest BCUT2D eigenvalue weighted by Crippen LogP contribution is 2.74. The average Bonchev–Trinajstić information content (AvgIpc) is 3.62. The fourth-order valence-corrected chi connectivity index (χ4v) is 11.7. The van der Waals surface area contributed by atoms with E-state index >= 15 is 0 Å². The fraction of sp³-hybridized carbons (Fsp3) is 0.738. The number of fused-ring (bicyclic) bond motifs is 5. The second-order valence-corrected chi connectivity index (χ2v) is 18.7. The number of halogens is 1. The number of esters is 1. The summed E-state index contributed by atoms with van der Waals surface area (Å²) in [6, 6.07) is 0. The summed E-state index contributed by atoms with van der Waals surface area (Å²) in [7, 11) is 1.91. The molecule has 4 aliphatic carbocycles. The minimum atomic E-state index is -1.17. The van der Waals surface area contributed by atoms with E-state index in [1.165, 1.54) is 5.57 Å². The number of Topliss-reactive ketones (excluding diaryl/α,β-unsaturated/α-hetero) is 1. The highest BCUT2D eigenvalue weighted by atomic mass is 19.1. The van der Waals surface area contributed by atoms with Crippen molar-refractivity contribution < 1.29 is 28.6 Å². The van der Waals surface area contributed by atoms with Crippen LogP contribution < -0.4 is 0 Å².